The molecular formula is C16H25N. The average molecular weight is 231 g/mol. The first kappa shape index (κ1) is 12.6. The van der Waals surface area contributed by atoms with Crippen molar-refractivity contribution in [2.24, 2.45) is 5.41 Å². The van der Waals surface area contributed by atoms with Gasteiger partial charge in [0.15, 0.2) is 0 Å². The van der Waals surface area contributed by atoms with E-state index in [1.165, 1.54) is 23.1 Å². The van der Waals surface area contributed by atoms with Gasteiger partial charge in [0.1, 0.15) is 0 Å². The molecule has 0 spiro atoms. The zero-order valence-corrected chi connectivity index (χ0v) is 11.9. The third-order valence-corrected chi connectivity index (χ3v) is 4.03. The standard InChI is InChI=1S/C16H25N/c1-12-6-7-13(2)14(8-12)16(5)9-15(3,4)10-17-11-16/h6-8,17H,9-11H2,1-5H3. The number of benzene rings is 1. The highest BCUT2D eigenvalue weighted by molar-refractivity contribution is 5.37. The van der Waals surface area contributed by atoms with Gasteiger partial charge < -0.3 is 5.32 Å². The Kier molecular flexibility index (Phi) is 3.07. The number of hydrogen-bond acceptors (Lipinski definition) is 1. The van der Waals surface area contributed by atoms with Crippen LogP contribution in [0.15, 0.2) is 18.2 Å². The maximum atomic E-state index is 3.61. The minimum Gasteiger partial charge on any atom is -0.315 e. The van der Waals surface area contributed by atoms with Gasteiger partial charge in [0.05, 0.1) is 0 Å². The van der Waals surface area contributed by atoms with Gasteiger partial charge in [0.2, 0.25) is 0 Å². The van der Waals surface area contributed by atoms with Crippen LogP contribution in [0.1, 0.15) is 43.9 Å². The van der Waals surface area contributed by atoms with Gasteiger partial charge in [-0.2, -0.15) is 0 Å². The van der Waals surface area contributed by atoms with Crippen LogP contribution in [0.2, 0.25) is 0 Å². The lowest BCUT2D eigenvalue weighted by molar-refractivity contribution is 0.179. The Hall–Kier alpha value is -0.820. The molecule has 1 aromatic rings. The van der Waals surface area contributed by atoms with Crippen LogP contribution in [-0.2, 0) is 5.41 Å². The number of hydrogen-bond donors (Lipinski definition) is 1. The Morgan fingerprint density at radius 3 is 2.41 bits per heavy atom. The molecule has 1 N–H and O–H groups in total. The molecule has 2 rings (SSSR count). The Balaban J connectivity index is 2.40. The predicted molar refractivity (Wildman–Crippen MR) is 74.5 cm³/mol. The van der Waals surface area contributed by atoms with E-state index in [1.807, 2.05) is 0 Å². The Bertz CT molecular complexity index is 420. The van der Waals surface area contributed by atoms with Crippen molar-refractivity contribution in [3.05, 3.63) is 34.9 Å². The SMILES string of the molecule is Cc1ccc(C)c(C2(C)CNCC(C)(C)C2)c1. The summed E-state index contributed by atoms with van der Waals surface area (Å²) in [6.45, 7) is 13.8. The molecule has 0 aliphatic carbocycles. The summed E-state index contributed by atoms with van der Waals surface area (Å²) >= 11 is 0. The van der Waals surface area contributed by atoms with Crippen molar-refractivity contribution in [3.63, 3.8) is 0 Å². The summed E-state index contributed by atoms with van der Waals surface area (Å²) in [5, 5.41) is 3.61. The number of nitrogens with one attached hydrogen (secondary N) is 1. The Morgan fingerprint density at radius 1 is 1.06 bits per heavy atom. The first-order valence-electron chi connectivity index (χ1n) is 6.61. The summed E-state index contributed by atoms with van der Waals surface area (Å²) in [6.07, 6.45) is 1.26. The molecule has 1 saturated heterocycles. The summed E-state index contributed by atoms with van der Waals surface area (Å²) in [5.41, 5.74) is 4.99. The van der Waals surface area contributed by atoms with E-state index in [4.69, 9.17) is 0 Å². The molecule has 0 bridgehead atoms. The molecule has 1 nitrogen and oxygen atoms in total. The fraction of sp³-hybridized carbons (Fsp3) is 0.625. The highest BCUT2D eigenvalue weighted by Crippen LogP contribution is 2.40. The van der Waals surface area contributed by atoms with E-state index in [-0.39, 0.29) is 5.41 Å². The molecule has 0 radical (unpaired) electrons. The second-order valence-corrected chi connectivity index (χ2v) is 6.82. The molecular weight excluding hydrogens is 206 g/mol. The number of piperidine rings is 1. The van der Waals surface area contributed by atoms with Crippen molar-refractivity contribution in [1.29, 1.82) is 0 Å². The van der Waals surface area contributed by atoms with Gasteiger partial charge in [-0.05, 0) is 36.8 Å². The van der Waals surface area contributed by atoms with Crippen LogP contribution in [0.25, 0.3) is 0 Å². The highest BCUT2D eigenvalue weighted by Gasteiger charge is 2.38. The van der Waals surface area contributed by atoms with Gasteiger partial charge in [-0.3, -0.25) is 0 Å². The minimum absolute atomic E-state index is 0.276. The summed E-state index contributed by atoms with van der Waals surface area (Å²) in [6, 6.07) is 6.85. The van der Waals surface area contributed by atoms with Gasteiger partial charge in [0, 0.05) is 18.5 Å². The molecule has 0 saturated carbocycles. The normalized spacial score (nSPS) is 28.1. The number of rotatable bonds is 1. The van der Waals surface area contributed by atoms with Gasteiger partial charge in [-0.25, -0.2) is 0 Å². The second-order valence-electron chi connectivity index (χ2n) is 6.82. The molecule has 1 heterocycles. The van der Waals surface area contributed by atoms with Crippen LogP contribution in [0, 0.1) is 19.3 Å². The van der Waals surface area contributed by atoms with Crippen LogP contribution in [0.5, 0.6) is 0 Å². The first-order valence-corrected chi connectivity index (χ1v) is 6.61. The first-order chi connectivity index (χ1) is 7.82. The molecule has 1 unspecified atom stereocenters. The lowest BCUT2D eigenvalue weighted by Crippen LogP contribution is -2.49. The topological polar surface area (TPSA) is 12.0 Å². The summed E-state index contributed by atoms with van der Waals surface area (Å²) in [7, 11) is 0. The molecule has 0 aromatic heterocycles. The Labute approximate surface area is 106 Å². The molecule has 1 fully saturated rings. The summed E-state index contributed by atoms with van der Waals surface area (Å²) in [4.78, 5) is 0. The molecule has 1 heteroatoms. The molecule has 17 heavy (non-hydrogen) atoms. The summed E-state index contributed by atoms with van der Waals surface area (Å²) < 4.78 is 0. The fourth-order valence-electron chi connectivity index (χ4n) is 3.43. The Morgan fingerprint density at radius 2 is 1.76 bits per heavy atom. The largest absolute Gasteiger partial charge is 0.315 e. The average Bonchev–Trinajstić information content (AvgIpc) is 2.19. The van der Waals surface area contributed by atoms with Gasteiger partial charge in [-0.1, -0.05) is 44.5 Å². The van der Waals surface area contributed by atoms with E-state index >= 15 is 0 Å². The number of aryl methyl sites for hydroxylation is 2. The molecule has 94 valence electrons. The fourth-order valence-corrected chi connectivity index (χ4v) is 3.43. The highest BCUT2D eigenvalue weighted by atomic mass is 14.9. The van der Waals surface area contributed by atoms with Gasteiger partial charge in [-0.15, -0.1) is 0 Å². The van der Waals surface area contributed by atoms with Crippen LogP contribution >= 0.6 is 0 Å². The van der Waals surface area contributed by atoms with Gasteiger partial charge in [0.25, 0.3) is 0 Å². The van der Waals surface area contributed by atoms with Crippen LogP contribution in [0.4, 0.5) is 0 Å². The van der Waals surface area contributed by atoms with E-state index in [9.17, 15) is 0 Å². The summed E-state index contributed by atoms with van der Waals surface area (Å²) in [5.74, 6) is 0. The third kappa shape index (κ3) is 2.55. The van der Waals surface area contributed by atoms with E-state index < -0.39 is 0 Å². The van der Waals surface area contributed by atoms with Crippen LogP contribution < -0.4 is 5.32 Å². The van der Waals surface area contributed by atoms with Crippen molar-refractivity contribution in [2.45, 2.75) is 46.5 Å². The predicted octanol–water partition coefficient (Wildman–Crippen LogP) is 3.58. The molecule has 1 atom stereocenters. The van der Waals surface area contributed by atoms with Crippen LogP contribution in [-0.4, -0.2) is 13.1 Å². The third-order valence-electron chi connectivity index (χ3n) is 4.03. The van der Waals surface area contributed by atoms with E-state index in [0.29, 0.717) is 5.41 Å². The smallest absolute Gasteiger partial charge is 0.00578 e. The maximum Gasteiger partial charge on any atom is 0.00578 e. The van der Waals surface area contributed by atoms with Crippen molar-refractivity contribution in [1.82, 2.24) is 5.32 Å². The van der Waals surface area contributed by atoms with E-state index in [1.54, 1.807) is 0 Å². The zero-order valence-electron chi connectivity index (χ0n) is 11.9. The molecule has 1 aliphatic rings. The van der Waals surface area contributed by atoms with Crippen molar-refractivity contribution < 1.29 is 0 Å². The van der Waals surface area contributed by atoms with Crippen molar-refractivity contribution >= 4 is 0 Å². The zero-order chi connectivity index (χ0) is 12.7. The monoisotopic (exact) mass is 231 g/mol. The minimum atomic E-state index is 0.276. The lowest BCUT2D eigenvalue weighted by Gasteiger charge is -2.44. The van der Waals surface area contributed by atoms with Crippen molar-refractivity contribution in [3.8, 4) is 0 Å². The van der Waals surface area contributed by atoms with E-state index in [0.717, 1.165) is 13.1 Å². The molecule has 1 aromatic carbocycles. The quantitative estimate of drug-likeness (QED) is 0.779. The van der Waals surface area contributed by atoms with Crippen molar-refractivity contribution in [2.75, 3.05) is 13.1 Å². The van der Waals surface area contributed by atoms with Crippen LogP contribution in [0.3, 0.4) is 0 Å². The van der Waals surface area contributed by atoms with Gasteiger partial charge >= 0.3 is 0 Å². The molecule has 0 amide bonds. The molecule has 1 aliphatic heterocycles. The second kappa shape index (κ2) is 4.13. The lowest BCUT2D eigenvalue weighted by atomic mass is 9.66. The van der Waals surface area contributed by atoms with E-state index in [2.05, 4.69) is 58.1 Å². The maximum absolute atomic E-state index is 3.61.